The fraction of sp³-hybridized carbons (Fsp3) is 0.462. The number of amides is 1. The van der Waals surface area contributed by atoms with Crippen molar-refractivity contribution in [1.82, 2.24) is 0 Å². The highest BCUT2D eigenvalue weighted by Gasteiger charge is 2.11. The molecule has 100 valence electrons. The van der Waals surface area contributed by atoms with Gasteiger partial charge in [-0.3, -0.25) is 4.79 Å². The summed E-state index contributed by atoms with van der Waals surface area (Å²) in [6.07, 6.45) is 2.09. The highest BCUT2D eigenvalue weighted by molar-refractivity contribution is 5.99. The van der Waals surface area contributed by atoms with E-state index in [-0.39, 0.29) is 6.61 Å². The molecule has 1 amide bonds. The second-order valence-electron chi connectivity index (χ2n) is 4.20. The number of aliphatic hydroxyl groups is 1. The molecule has 0 aliphatic rings. The van der Waals surface area contributed by atoms with Gasteiger partial charge < -0.3 is 21.5 Å². The Bertz CT molecular complexity index is 407. The van der Waals surface area contributed by atoms with Crippen molar-refractivity contribution in [3.63, 3.8) is 0 Å². The Labute approximate surface area is 107 Å². The minimum Gasteiger partial charge on any atom is -0.398 e. The van der Waals surface area contributed by atoms with Crippen LogP contribution in [0.25, 0.3) is 0 Å². The van der Waals surface area contributed by atoms with Crippen molar-refractivity contribution in [3.05, 3.63) is 23.8 Å². The number of nitrogens with zero attached hydrogens (tertiary/aromatic N) is 1. The van der Waals surface area contributed by atoms with Crippen LogP contribution >= 0.6 is 0 Å². The average molecular weight is 251 g/mol. The molecule has 0 bridgehead atoms. The number of primary amides is 1. The maximum atomic E-state index is 11.2. The van der Waals surface area contributed by atoms with E-state index in [1.54, 1.807) is 12.1 Å². The molecule has 0 atom stereocenters. The monoisotopic (exact) mass is 251 g/mol. The number of nitrogen functional groups attached to an aromatic ring is 1. The van der Waals surface area contributed by atoms with Gasteiger partial charge in [0, 0.05) is 24.5 Å². The smallest absolute Gasteiger partial charge is 0.250 e. The summed E-state index contributed by atoms with van der Waals surface area (Å²) < 4.78 is 0. The number of unbranched alkanes of at least 4 members (excludes halogenated alkanes) is 1. The summed E-state index contributed by atoms with van der Waals surface area (Å²) in [5.74, 6) is -0.534. The summed E-state index contributed by atoms with van der Waals surface area (Å²) in [7, 11) is 0. The first-order chi connectivity index (χ1) is 8.60. The van der Waals surface area contributed by atoms with Gasteiger partial charge in [0.1, 0.15) is 0 Å². The van der Waals surface area contributed by atoms with Gasteiger partial charge in [-0.1, -0.05) is 13.3 Å². The van der Waals surface area contributed by atoms with Gasteiger partial charge in [0.25, 0.3) is 5.91 Å². The van der Waals surface area contributed by atoms with E-state index < -0.39 is 5.91 Å². The molecular formula is C13H21N3O2. The molecule has 1 rings (SSSR count). The minimum absolute atomic E-state index is 0.0694. The predicted octanol–water partition coefficient (Wildman–Crippen LogP) is 0.967. The van der Waals surface area contributed by atoms with Crippen molar-refractivity contribution in [2.45, 2.75) is 19.8 Å². The fourth-order valence-electron chi connectivity index (χ4n) is 1.79. The SMILES string of the molecule is CCCCN(CCO)c1ccc(N)c(C(N)=O)c1. The Kier molecular flexibility index (Phi) is 5.45. The summed E-state index contributed by atoms with van der Waals surface area (Å²) in [5.41, 5.74) is 12.5. The number of hydrogen-bond acceptors (Lipinski definition) is 4. The molecule has 0 radical (unpaired) electrons. The fourth-order valence-corrected chi connectivity index (χ4v) is 1.79. The van der Waals surface area contributed by atoms with Crippen LogP contribution in [0.1, 0.15) is 30.1 Å². The van der Waals surface area contributed by atoms with Gasteiger partial charge in [0.15, 0.2) is 0 Å². The van der Waals surface area contributed by atoms with E-state index >= 15 is 0 Å². The number of carbonyl (C=O) groups excluding carboxylic acids is 1. The molecule has 0 fully saturated rings. The van der Waals surface area contributed by atoms with Gasteiger partial charge in [0.05, 0.1) is 12.2 Å². The molecule has 5 nitrogen and oxygen atoms in total. The Morgan fingerprint density at radius 3 is 2.67 bits per heavy atom. The van der Waals surface area contributed by atoms with Crippen molar-refractivity contribution in [2.75, 3.05) is 30.3 Å². The Morgan fingerprint density at radius 1 is 1.39 bits per heavy atom. The summed E-state index contributed by atoms with van der Waals surface area (Å²) in [5, 5.41) is 9.07. The van der Waals surface area contributed by atoms with E-state index in [1.807, 2.05) is 11.0 Å². The van der Waals surface area contributed by atoms with E-state index in [0.717, 1.165) is 25.1 Å². The van der Waals surface area contributed by atoms with Crippen molar-refractivity contribution < 1.29 is 9.90 Å². The Morgan fingerprint density at radius 2 is 2.11 bits per heavy atom. The van der Waals surface area contributed by atoms with Gasteiger partial charge in [-0.2, -0.15) is 0 Å². The Hall–Kier alpha value is -1.75. The van der Waals surface area contributed by atoms with Gasteiger partial charge in [-0.15, -0.1) is 0 Å². The van der Waals surface area contributed by atoms with Crippen LogP contribution in [-0.2, 0) is 0 Å². The first-order valence-corrected chi connectivity index (χ1v) is 6.15. The lowest BCUT2D eigenvalue weighted by atomic mass is 10.1. The van der Waals surface area contributed by atoms with Gasteiger partial charge >= 0.3 is 0 Å². The highest BCUT2D eigenvalue weighted by atomic mass is 16.3. The number of anilines is 2. The maximum absolute atomic E-state index is 11.2. The minimum atomic E-state index is -0.534. The maximum Gasteiger partial charge on any atom is 0.250 e. The summed E-state index contributed by atoms with van der Waals surface area (Å²) in [4.78, 5) is 13.3. The molecule has 0 saturated heterocycles. The number of carbonyl (C=O) groups is 1. The van der Waals surface area contributed by atoms with E-state index in [0.29, 0.717) is 17.8 Å². The zero-order chi connectivity index (χ0) is 13.5. The zero-order valence-electron chi connectivity index (χ0n) is 10.7. The molecule has 0 spiro atoms. The summed E-state index contributed by atoms with van der Waals surface area (Å²) in [6, 6.07) is 5.20. The molecule has 5 N–H and O–H groups in total. The molecule has 18 heavy (non-hydrogen) atoms. The number of benzene rings is 1. The average Bonchev–Trinajstić information content (AvgIpc) is 2.35. The third kappa shape index (κ3) is 3.63. The first-order valence-electron chi connectivity index (χ1n) is 6.15. The van der Waals surface area contributed by atoms with Crippen LogP contribution in [0.4, 0.5) is 11.4 Å². The molecule has 0 heterocycles. The third-order valence-corrected chi connectivity index (χ3v) is 2.82. The van der Waals surface area contributed by atoms with Crippen LogP contribution in [-0.4, -0.2) is 30.7 Å². The highest BCUT2D eigenvalue weighted by Crippen LogP contribution is 2.21. The molecule has 0 aliphatic carbocycles. The number of nitrogens with two attached hydrogens (primary N) is 2. The molecule has 0 aliphatic heterocycles. The Balaban J connectivity index is 2.97. The molecule has 0 aromatic heterocycles. The van der Waals surface area contributed by atoms with Crippen LogP contribution in [0.3, 0.4) is 0 Å². The molecule has 1 aromatic carbocycles. The zero-order valence-corrected chi connectivity index (χ0v) is 10.7. The van der Waals surface area contributed by atoms with Crippen molar-refractivity contribution >= 4 is 17.3 Å². The second-order valence-corrected chi connectivity index (χ2v) is 4.20. The van der Waals surface area contributed by atoms with Crippen LogP contribution in [0.2, 0.25) is 0 Å². The van der Waals surface area contributed by atoms with E-state index in [9.17, 15) is 4.79 Å². The number of rotatable bonds is 7. The van der Waals surface area contributed by atoms with Crippen molar-refractivity contribution in [3.8, 4) is 0 Å². The van der Waals surface area contributed by atoms with E-state index in [1.165, 1.54) is 0 Å². The second kappa shape index (κ2) is 6.86. The van der Waals surface area contributed by atoms with Gasteiger partial charge in [-0.05, 0) is 24.6 Å². The molecular weight excluding hydrogens is 230 g/mol. The predicted molar refractivity (Wildman–Crippen MR) is 73.6 cm³/mol. The lowest BCUT2D eigenvalue weighted by Crippen LogP contribution is -2.28. The van der Waals surface area contributed by atoms with Crippen LogP contribution in [0, 0.1) is 0 Å². The van der Waals surface area contributed by atoms with Crippen LogP contribution in [0.5, 0.6) is 0 Å². The lowest BCUT2D eigenvalue weighted by Gasteiger charge is -2.24. The van der Waals surface area contributed by atoms with E-state index in [4.69, 9.17) is 16.6 Å². The molecule has 1 aromatic rings. The van der Waals surface area contributed by atoms with Gasteiger partial charge in [-0.25, -0.2) is 0 Å². The molecule has 0 saturated carbocycles. The molecule has 5 heteroatoms. The first kappa shape index (κ1) is 14.3. The quantitative estimate of drug-likeness (QED) is 0.629. The normalized spacial score (nSPS) is 10.3. The molecule has 0 unspecified atom stereocenters. The van der Waals surface area contributed by atoms with Gasteiger partial charge in [0.2, 0.25) is 0 Å². The van der Waals surface area contributed by atoms with Crippen molar-refractivity contribution in [1.29, 1.82) is 0 Å². The standard InChI is InChI=1S/C13H21N3O2/c1-2-3-6-16(7-8-17)10-4-5-12(14)11(9-10)13(15)18/h4-5,9,17H,2-3,6-8,14H2,1H3,(H2,15,18). The largest absolute Gasteiger partial charge is 0.398 e. The summed E-state index contributed by atoms with van der Waals surface area (Å²) in [6.45, 7) is 3.54. The van der Waals surface area contributed by atoms with Crippen LogP contribution in [0.15, 0.2) is 18.2 Å². The summed E-state index contributed by atoms with van der Waals surface area (Å²) >= 11 is 0. The lowest BCUT2D eigenvalue weighted by molar-refractivity contribution is 0.100. The third-order valence-electron chi connectivity index (χ3n) is 2.82. The van der Waals surface area contributed by atoms with Crippen LogP contribution < -0.4 is 16.4 Å². The number of hydrogen-bond donors (Lipinski definition) is 3. The van der Waals surface area contributed by atoms with E-state index in [2.05, 4.69) is 6.92 Å². The van der Waals surface area contributed by atoms with Crippen molar-refractivity contribution in [2.24, 2.45) is 5.73 Å². The number of aliphatic hydroxyl groups excluding tert-OH is 1. The topological polar surface area (TPSA) is 92.6 Å².